The summed E-state index contributed by atoms with van der Waals surface area (Å²) in [6, 6.07) is 8.97. The summed E-state index contributed by atoms with van der Waals surface area (Å²) >= 11 is 2.32. The van der Waals surface area contributed by atoms with Gasteiger partial charge in [0.2, 0.25) is 0 Å². The molecule has 2 rings (SSSR count). The van der Waals surface area contributed by atoms with Crippen LogP contribution in [-0.2, 0) is 13.6 Å². The highest BCUT2D eigenvalue weighted by Crippen LogP contribution is 2.22. The van der Waals surface area contributed by atoms with Crippen molar-refractivity contribution in [1.82, 2.24) is 15.1 Å². The quantitative estimate of drug-likeness (QED) is 0.854. The van der Waals surface area contributed by atoms with Crippen LogP contribution in [0, 0.1) is 3.57 Å². The van der Waals surface area contributed by atoms with E-state index in [4.69, 9.17) is 0 Å². The molecule has 0 aliphatic heterocycles. The van der Waals surface area contributed by atoms with Crippen LogP contribution in [0.2, 0.25) is 0 Å². The lowest BCUT2D eigenvalue weighted by atomic mass is 10.1. The highest BCUT2D eigenvalue weighted by atomic mass is 127. The second kappa shape index (κ2) is 5.84. The molecule has 18 heavy (non-hydrogen) atoms. The minimum absolute atomic E-state index is 0.481. The first-order valence-electron chi connectivity index (χ1n) is 6.08. The average molecular weight is 355 g/mol. The van der Waals surface area contributed by atoms with E-state index in [1.165, 1.54) is 14.7 Å². The standard InChI is InChI=1S/C14H18IN3/c1-10(2)16-8-12-9-18(3)17-14(12)11-4-6-13(15)7-5-11/h4-7,9-10,16H,8H2,1-3H3. The minimum atomic E-state index is 0.481. The molecule has 1 aromatic heterocycles. The maximum absolute atomic E-state index is 4.56. The number of aromatic nitrogens is 2. The highest BCUT2D eigenvalue weighted by molar-refractivity contribution is 14.1. The molecule has 4 heteroatoms. The Bertz CT molecular complexity index is 514. The zero-order chi connectivity index (χ0) is 13.1. The van der Waals surface area contributed by atoms with E-state index < -0.39 is 0 Å². The van der Waals surface area contributed by atoms with Crippen LogP contribution in [0.1, 0.15) is 19.4 Å². The summed E-state index contributed by atoms with van der Waals surface area (Å²) in [7, 11) is 1.97. The van der Waals surface area contributed by atoms with Gasteiger partial charge in [0.25, 0.3) is 0 Å². The molecule has 0 spiro atoms. The summed E-state index contributed by atoms with van der Waals surface area (Å²) in [6.07, 6.45) is 2.09. The molecular formula is C14H18IN3. The van der Waals surface area contributed by atoms with Crippen LogP contribution in [0.4, 0.5) is 0 Å². The number of nitrogens with one attached hydrogen (secondary N) is 1. The number of benzene rings is 1. The molecule has 0 amide bonds. The topological polar surface area (TPSA) is 29.9 Å². The first-order valence-corrected chi connectivity index (χ1v) is 7.16. The molecule has 0 bridgehead atoms. The van der Waals surface area contributed by atoms with Gasteiger partial charge in [0.05, 0.1) is 5.69 Å². The van der Waals surface area contributed by atoms with E-state index in [1.807, 2.05) is 11.7 Å². The summed E-state index contributed by atoms with van der Waals surface area (Å²) in [5.41, 5.74) is 3.49. The van der Waals surface area contributed by atoms with Gasteiger partial charge in [-0.3, -0.25) is 4.68 Å². The zero-order valence-corrected chi connectivity index (χ0v) is 13.1. The van der Waals surface area contributed by atoms with Crippen LogP contribution >= 0.6 is 22.6 Å². The smallest absolute Gasteiger partial charge is 0.0967 e. The molecule has 3 nitrogen and oxygen atoms in total. The van der Waals surface area contributed by atoms with E-state index in [-0.39, 0.29) is 0 Å². The van der Waals surface area contributed by atoms with Crippen LogP contribution in [-0.4, -0.2) is 15.8 Å². The summed E-state index contributed by atoms with van der Waals surface area (Å²) < 4.78 is 3.12. The summed E-state index contributed by atoms with van der Waals surface area (Å²) in [5, 5.41) is 8.00. The van der Waals surface area contributed by atoms with Crippen molar-refractivity contribution in [3.05, 3.63) is 39.6 Å². The molecule has 0 fully saturated rings. The van der Waals surface area contributed by atoms with E-state index in [2.05, 4.69) is 77.3 Å². The van der Waals surface area contributed by atoms with Crippen molar-refractivity contribution < 1.29 is 0 Å². The molecule has 2 aromatic rings. The van der Waals surface area contributed by atoms with Crippen molar-refractivity contribution in [2.24, 2.45) is 7.05 Å². The van der Waals surface area contributed by atoms with Gasteiger partial charge in [0.15, 0.2) is 0 Å². The fourth-order valence-electron chi connectivity index (χ4n) is 1.83. The van der Waals surface area contributed by atoms with E-state index in [9.17, 15) is 0 Å². The predicted octanol–water partition coefficient (Wildman–Crippen LogP) is 3.19. The number of halogens is 1. The van der Waals surface area contributed by atoms with Crippen molar-refractivity contribution >= 4 is 22.6 Å². The number of hydrogen-bond donors (Lipinski definition) is 1. The maximum Gasteiger partial charge on any atom is 0.0967 e. The number of rotatable bonds is 4. The molecule has 1 aromatic carbocycles. The highest BCUT2D eigenvalue weighted by Gasteiger charge is 2.10. The Morgan fingerprint density at radius 1 is 1.28 bits per heavy atom. The summed E-state index contributed by atoms with van der Waals surface area (Å²) in [6.45, 7) is 5.16. The lowest BCUT2D eigenvalue weighted by molar-refractivity contribution is 0.589. The van der Waals surface area contributed by atoms with Gasteiger partial charge < -0.3 is 5.32 Å². The first kappa shape index (κ1) is 13.5. The van der Waals surface area contributed by atoms with Gasteiger partial charge in [-0.25, -0.2) is 0 Å². The molecule has 0 aliphatic rings. The van der Waals surface area contributed by atoms with Gasteiger partial charge in [-0.05, 0) is 34.7 Å². The molecule has 0 saturated carbocycles. The third-order valence-electron chi connectivity index (χ3n) is 2.72. The fraction of sp³-hybridized carbons (Fsp3) is 0.357. The molecule has 96 valence electrons. The van der Waals surface area contributed by atoms with Crippen LogP contribution in [0.3, 0.4) is 0 Å². The van der Waals surface area contributed by atoms with Crippen molar-refractivity contribution in [1.29, 1.82) is 0 Å². The van der Waals surface area contributed by atoms with Crippen molar-refractivity contribution in [2.75, 3.05) is 0 Å². The Kier molecular flexibility index (Phi) is 4.40. The molecule has 0 atom stereocenters. The third kappa shape index (κ3) is 3.32. The van der Waals surface area contributed by atoms with Crippen LogP contribution < -0.4 is 5.32 Å². The van der Waals surface area contributed by atoms with Crippen LogP contribution in [0.15, 0.2) is 30.5 Å². The number of aryl methyl sites for hydroxylation is 1. The predicted molar refractivity (Wildman–Crippen MR) is 83.3 cm³/mol. The molecule has 0 radical (unpaired) electrons. The van der Waals surface area contributed by atoms with Gasteiger partial charge in [0.1, 0.15) is 0 Å². The van der Waals surface area contributed by atoms with Crippen molar-refractivity contribution in [2.45, 2.75) is 26.4 Å². The normalized spacial score (nSPS) is 11.2. The van der Waals surface area contributed by atoms with Crippen LogP contribution in [0.5, 0.6) is 0 Å². The average Bonchev–Trinajstić information content (AvgIpc) is 2.69. The largest absolute Gasteiger partial charge is 0.310 e. The number of hydrogen-bond acceptors (Lipinski definition) is 2. The SMILES string of the molecule is CC(C)NCc1cn(C)nc1-c1ccc(I)cc1. The molecule has 1 heterocycles. The second-order valence-corrected chi connectivity index (χ2v) is 5.96. The van der Waals surface area contributed by atoms with Crippen LogP contribution in [0.25, 0.3) is 11.3 Å². The van der Waals surface area contributed by atoms with E-state index in [0.29, 0.717) is 6.04 Å². The zero-order valence-electron chi connectivity index (χ0n) is 10.9. The molecule has 1 N–H and O–H groups in total. The van der Waals surface area contributed by atoms with Gasteiger partial charge >= 0.3 is 0 Å². The molecular weight excluding hydrogens is 337 g/mol. The summed E-state index contributed by atoms with van der Waals surface area (Å²) in [5.74, 6) is 0. The summed E-state index contributed by atoms with van der Waals surface area (Å²) in [4.78, 5) is 0. The monoisotopic (exact) mass is 355 g/mol. The van der Waals surface area contributed by atoms with Crippen molar-refractivity contribution in [3.8, 4) is 11.3 Å². The van der Waals surface area contributed by atoms with E-state index in [0.717, 1.165) is 12.2 Å². The first-order chi connectivity index (χ1) is 8.56. The van der Waals surface area contributed by atoms with Gasteiger partial charge in [-0.1, -0.05) is 26.0 Å². The lowest BCUT2D eigenvalue weighted by Gasteiger charge is -2.08. The molecule has 0 saturated heterocycles. The Balaban J connectivity index is 2.29. The van der Waals surface area contributed by atoms with E-state index in [1.54, 1.807) is 0 Å². The molecule has 0 unspecified atom stereocenters. The number of nitrogens with zero attached hydrogens (tertiary/aromatic N) is 2. The van der Waals surface area contributed by atoms with Gasteiger partial charge in [0, 0.05) is 40.5 Å². The molecule has 0 aliphatic carbocycles. The van der Waals surface area contributed by atoms with E-state index >= 15 is 0 Å². The third-order valence-corrected chi connectivity index (χ3v) is 3.44. The fourth-order valence-corrected chi connectivity index (χ4v) is 2.19. The second-order valence-electron chi connectivity index (χ2n) is 4.72. The van der Waals surface area contributed by atoms with Crippen molar-refractivity contribution in [3.63, 3.8) is 0 Å². The Hall–Kier alpha value is -0.880. The maximum atomic E-state index is 4.56. The van der Waals surface area contributed by atoms with Gasteiger partial charge in [-0.15, -0.1) is 0 Å². The Morgan fingerprint density at radius 2 is 1.94 bits per heavy atom. The Labute approximate surface area is 122 Å². The Morgan fingerprint density at radius 3 is 2.56 bits per heavy atom. The van der Waals surface area contributed by atoms with Gasteiger partial charge in [-0.2, -0.15) is 5.10 Å². The minimum Gasteiger partial charge on any atom is -0.310 e. The lowest BCUT2D eigenvalue weighted by Crippen LogP contribution is -2.21.